The molecule has 1 saturated heterocycles. The van der Waals surface area contributed by atoms with Gasteiger partial charge >= 0.3 is 0 Å². The average molecular weight is 198 g/mol. The van der Waals surface area contributed by atoms with Crippen LogP contribution >= 0.6 is 0 Å². The summed E-state index contributed by atoms with van der Waals surface area (Å²) in [4.78, 5) is 25.5. The van der Waals surface area contributed by atoms with Crippen molar-refractivity contribution in [3.63, 3.8) is 0 Å². The number of carbonyl (C=O) groups excluding carboxylic acids is 2. The lowest BCUT2D eigenvalue weighted by Crippen LogP contribution is -2.34. The first-order chi connectivity index (χ1) is 6.65. The first kappa shape index (κ1) is 11.0. The first-order valence-electron chi connectivity index (χ1n) is 5.18. The lowest BCUT2D eigenvalue weighted by Gasteiger charge is -2.20. The van der Waals surface area contributed by atoms with E-state index >= 15 is 0 Å². The third-order valence-corrected chi connectivity index (χ3v) is 2.44. The van der Waals surface area contributed by atoms with E-state index in [1.54, 1.807) is 11.8 Å². The van der Waals surface area contributed by atoms with E-state index in [1.807, 2.05) is 4.90 Å². The topological polar surface area (TPSA) is 40.4 Å². The monoisotopic (exact) mass is 198 g/mol. The van der Waals surface area contributed by atoms with Crippen LogP contribution in [0.4, 0.5) is 0 Å². The van der Waals surface area contributed by atoms with Crippen LogP contribution in [0.5, 0.6) is 0 Å². The molecule has 2 amide bonds. The molecule has 4 heteroatoms. The molecule has 0 saturated carbocycles. The molecule has 0 spiro atoms. The number of rotatable bonds is 6. The first-order valence-corrected chi connectivity index (χ1v) is 5.18. The quantitative estimate of drug-likeness (QED) is 0.582. The van der Waals surface area contributed by atoms with Crippen LogP contribution in [0.25, 0.3) is 0 Å². The number of hydrogen-bond acceptors (Lipinski definition) is 2. The van der Waals surface area contributed by atoms with E-state index in [0.717, 1.165) is 19.4 Å². The van der Waals surface area contributed by atoms with Crippen molar-refractivity contribution in [1.82, 2.24) is 9.80 Å². The van der Waals surface area contributed by atoms with E-state index in [1.165, 1.54) is 0 Å². The van der Waals surface area contributed by atoms with Gasteiger partial charge in [-0.1, -0.05) is 13.3 Å². The van der Waals surface area contributed by atoms with Gasteiger partial charge in [0.15, 0.2) is 0 Å². The Hall–Kier alpha value is -1.06. The second-order valence-electron chi connectivity index (χ2n) is 3.67. The largest absolute Gasteiger partial charge is 0.341 e. The third kappa shape index (κ3) is 3.36. The Kier molecular flexibility index (Phi) is 3.92. The van der Waals surface area contributed by atoms with Gasteiger partial charge in [-0.15, -0.1) is 0 Å². The van der Waals surface area contributed by atoms with E-state index in [0.29, 0.717) is 19.6 Å². The van der Waals surface area contributed by atoms with Gasteiger partial charge < -0.3 is 9.80 Å². The smallest absolute Gasteiger partial charge is 0.242 e. The molecule has 1 aliphatic heterocycles. The molecule has 1 heterocycles. The normalized spacial score (nSPS) is 14.4. The molecule has 0 aromatic heterocycles. The van der Waals surface area contributed by atoms with E-state index in [-0.39, 0.29) is 11.8 Å². The highest BCUT2D eigenvalue weighted by atomic mass is 16.2. The van der Waals surface area contributed by atoms with Crippen LogP contribution in [0.3, 0.4) is 0 Å². The molecule has 0 unspecified atom stereocenters. The predicted octanol–water partition coefficient (Wildman–Crippen LogP) is 0.477. The van der Waals surface area contributed by atoms with Gasteiger partial charge in [0.1, 0.15) is 0 Å². The van der Waals surface area contributed by atoms with Gasteiger partial charge in [-0.25, -0.2) is 0 Å². The Morgan fingerprint density at radius 2 is 2.14 bits per heavy atom. The second kappa shape index (κ2) is 4.98. The van der Waals surface area contributed by atoms with Gasteiger partial charge in [-0.3, -0.25) is 9.59 Å². The number of unbranched alkanes of at least 4 members (excludes halogenated alkanes) is 1. The highest BCUT2D eigenvalue weighted by Crippen LogP contribution is 2.06. The van der Waals surface area contributed by atoms with Gasteiger partial charge in [0.05, 0.1) is 6.54 Å². The maximum atomic E-state index is 11.2. The second-order valence-corrected chi connectivity index (χ2v) is 3.67. The molecule has 80 valence electrons. The zero-order chi connectivity index (χ0) is 10.6. The van der Waals surface area contributed by atoms with E-state index in [4.69, 9.17) is 0 Å². The summed E-state index contributed by atoms with van der Waals surface area (Å²) < 4.78 is 0. The summed E-state index contributed by atoms with van der Waals surface area (Å²) >= 11 is 0. The van der Waals surface area contributed by atoms with Crippen molar-refractivity contribution < 1.29 is 9.59 Å². The van der Waals surface area contributed by atoms with Gasteiger partial charge in [0, 0.05) is 26.6 Å². The van der Waals surface area contributed by atoms with Crippen molar-refractivity contribution in [2.45, 2.75) is 26.7 Å². The maximum Gasteiger partial charge on any atom is 0.242 e. The van der Waals surface area contributed by atoms with Crippen LogP contribution in [-0.2, 0) is 9.59 Å². The highest BCUT2D eigenvalue weighted by molar-refractivity contribution is 5.92. The van der Waals surface area contributed by atoms with Crippen LogP contribution in [0.1, 0.15) is 26.7 Å². The van der Waals surface area contributed by atoms with Crippen molar-refractivity contribution in [2.24, 2.45) is 0 Å². The lowest BCUT2D eigenvalue weighted by atomic mass is 10.3. The van der Waals surface area contributed by atoms with Crippen molar-refractivity contribution in [3.05, 3.63) is 0 Å². The van der Waals surface area contributed by atoms with E-state index in [9.17, 15) is 9.59 Å². The van der Waals surface area contributed by atoms with Crippen LogP contribution in [-0.4, -0.2) is 47.8 Å². The maximum absolute atomic E-state index is 11.2. The standard InChI is InChI=1S/C10H18N2O2/c1-3-4-5-11(9(2)13)6-7-12-8-10(12)14/h3-8H2,1-2H3. The molecule has 4 nitrogen and oxygen atoms in total. The summed E-state index contributed by atoms with van der Waals surface area (Å²) in [6, 6.07) is 0. The van der Waals surface area contributed by atoms with Crippen molar-refractivity contribution >= 4 is 11.8 Å². The fourth-order valence-electron chi connectivity index (χ4n) is 1.35. The Morgan fingerprint density at radius 3 is 2.57 bits per heavy atom. The summed E-state index contributed by atoms with van der Waals surface area (Å²) in [5.74, 6) is 0.303. The number of carbonyl (C=O) groups is 2. The fraction of sp³-hybridized carbons (Fsp3) is 0.800. The third-order valence-electron chi connectivity index (χ3n) is 2.44. The summed E-state index contributed by atoms with van der Waals surface area (Å²) in [6.07, 6.45) is 2.12. The molecule has 1 aliphatic rings. The molecule has 0 atom stereocenters. The summed E-state index contributed by atoms with van der Waals surface area (Å²) in [5, 5.41) is 0. The molecular formula is C10H18N2O2. The van der Waals surface area contributed by atoms with Gasteiger partial charge in [0.2, 0.25) is 11.8 Å². The molecule has 0 N–H and O–H groups in total. The summed E-state index contributed by atoms with van der Waals surface area (Å²) in [5.41, 5.74) is 0. The fourth-order valence-corrected chi connectivity index (χ4v) is 1.35. The molecule has 0 radical (unpaired) electrons. The van der Waals surface area contributed by atoms with Crippen molar-refractivity contribution in [1.29, 1.82) is 0 Å². The molecular weight excluding hydrogens is 180 g/mol. The zero-order valence-corrected chi connectivity index (χ0v) is 8.95. The van der Waals surface area contributed by atoms with Crippen molar-refractivity contribution in [3.8, 4) is 0 Å². The molecule has 0 aromatic carbocycles. The van der Waals surface area contributed by atoms with Gasteiger partial charge in [-0.05, 0) is 6.42 Å². The van der Waals surface area contributed by atoms with Crippen LogP contribution in [0, 0.1) is 0 Å². The molecule has 1 rings (SSSR count). The van der Waals surface area contributed by atoms with Crippen LogP contribution < -0.4 is 0 Å². The SMILES string of the molecule is CCCCN(CCN1CC1=O)C(C)=O. The molecule has 0 bridgehead atoms. The van der Waals surface area contributed by atoms with Crippen molar-refractivity contribution in [2.75, 3.05) is 26.2 Å². The molecule has 14 heavy (non-hydrogen) atoms. The number of amides is 2. The lowest BCUT2D eigenvalue weighted by molar-refractivity contribution is -0.129. The van der Waals surface area contributed by atoms with Gasteiger partial charge in [-0.2, -0.15) is 0 Å². The van der Waals surface area contributed by atoms with E-state index in [2.05, 4.69) is 6.92 Å². The van der Waals surface area contributed by atoms with Crippen LogP contribution in [0.2, 0.25) is 0 Å². The summed E-state index contributed by atoms with van der Waals surface area (Å²) in [7, 11) is 0. The molecule has 0 aliphatic carbocycles. The Bertz CT molecular complexity index is 228. The highest BCUT2D eigenvalue weighted by Gasteiger charge is 2.29. The molecule has 1 fully saturated rings. The molecule has 0 aromatic rings. The Balaban J connectivity index is 2.20. The number of hydrogen-bond donors (Lipinski definition) is 0. The minimum absolute atomic E-state index is 0.104. The number of nitrogens with zero attached hydrogens (tertiary/aromatic N) is 2. The van der Waals surface area contributed by atoms with Crippen LogP contribution in [0.15, 0.2) is 0 Å². The Labute approximate surface area is 84.9 Å². The minimum Gasteiger partial charge on any atom is -0.341 e. The zero-order valence-electron chi connectivity index (χ0n) is 8.95. The minimum atomic E-state index is 0.104. The Morgan fingerprint density at radius 1 is 1.50 bits per heavy atom. The summed E-state index contributed by atoms with van der Waals surface area (Å²) in [6.45, 7) is 6.45. The predicted molar refractivity (Wildman–Crippen MR) is 53.7 cm³/mol. The van der Waals surface area contributed by atoms with Gasteiger partial charge in [0.25, 0.3) is 0 Å². The average Bonchev–Trinajstić information content (AvgIpc) is 2.81. The van der Waals surface area contributed by atoms with E-state index < -0.39 is 0 Å².